The fourth-order valence-corrected chi connectivity index (χ4v) is 3.38. The van der Waals surface area contributed by atoms with E-state index in [1.165, 1.54) is 6.07 Å². The molecule has 0 aliphatic carbocycles. The van der Waals surface area contributed by atoms with Crippen LogP contribution in [0.2, 0.25) is 0 Å². The Labute approximate surface area is 128 Å². The minimum atomic E-state index is -0.171. The molecule has 108 valence electrons. The molecule has 0 saturated carbocycles. The van der Waals surface area contributed by atoms with E-state index >= 15 is 0 Å². The second-order valence-corrected chi connectivity index (χ2v) is 6.29. The highest BCUT2D eigenvalue weighted by Crippen LogP contribution is 2.30. The van der Waals surface area contributed by atoms with Gasteiger partial charge in [-0.2, -0.15) is 0 Å². The van der Waals surface area contributed by atoms with E-state index in [-0.39, 0.29) is 5.82 Å². The molecule has 0 radical (unpaired) electrons. The van der Waals surface area contributed by atoms with E-state index < -0.39 is 0 Å². The summed E-state index contributed by atoms with van der Waals surface area (Å²) in [6.07, 6.45) is 0.552. The molecule has 0 bridgehead atoms. The van der Waals surface area contributed by atoms with Crippen molar-refractivity contribution < 1.29 is 4.39 Å². The number of nitrogens with one attached hydrogen (secondary N) is 1. The zero-order valence-electron chi connectivity index (χ0n) is 11.9. The van der Waals surface area contributed by atoms with Gasteiger partial charge in [-0.05, 0) is 35.7 Å². The molecular formula is C17H17FN2S. The molecule has 2 nitrogen and oxygen atoms in total. The van der Waals surface area contributed by atoms with Gasteiger partial charge >= 0.3 is 0 Å². The molecule has 1 heterocycles. The molecule has 1 N–H and O–H groups in total. The number of thioether (sulfide) groups is 1. The number of nitrogens with zero attached hydrogens (tertiary/aromatic N) is 1. The normalized spacial score (nSPS) is 14.8. The summed E-state index contributed by atoms with van der Waals surface area (Å²) in [6.45, 7) is 2.89. The summed E-state index contributed by atoms with van der Waals surface area (Å²) in [4.78, 5) is 2.02. The van der Waals surface area contributed by atoms with Crippen LogP contribution in [-0.2, 0) is 6.42 Å². The first-order valence-corrected chi connectivity index (χ1v) is 7.95. The molecule has 1 fully saturated rings. The molecule has 2 aromatic carbocycles. The van der Waals surface area contributed by atoms with Crippen LogP contribution in [0.1, 0.15) is 16.7 Å². The molecule has 1 saturated heterocycles. The highest BCUT2D eigenvalue weighted by Gasteiger charge is 2.22. The molecule has 2 aromatic rings. The first kappa shape index (κ1) is 14.1. The standard InChI is InChI=1S/C17H17FN2S/c1-12-6-7-14(11-13-4-2-3-5-15(13)18)16(10-12)20-8-9-21-17(20)19/h2-7,10,19H,8-9,11H2,1H3. The second-order valence-electron chi connectivity index (χ2n) is 5.21. The van der Waals surface area contributed by atoms with Crippen LogP contribution in [0.25, 0.3) is 0 Å². The Morgan fingerprint density at radius 3 is 2.71 bits per heavy atom. The Balaban J connectivity index is 1.98. The number of aryl methyl sites for hydroxylation is 1. The number of anilines is 1. The summed E-state index contributed by atoms with van der Waals surface area (Å²) in [6, 6.07) is 13.1. The van der Waals surface area contributed by atoms with E-state index in [9.17, 15) is 4.39 Å². The second kappa shape index (κ2) is 5.90. The Morgan fingerprint density at radius 1 is 1.19 bits per heavy atom. The lowest BCUT2D eigenvalue weighted by molar-refractivity contribution is 0.614. The van der Waals surface area contributed by atoms with Gasteiger partial charge in [0.15, 0.2) is 5.17 Å². The summed E-state index contributed by atoms with van der Waals surface area (Å²) in [5.74, 6) is 0.765. The lowest BCUT2D eigenvalue weighted by Crippen LogP contribution is -2.24. The van der Waals surface area contributed by atoms with Gasteiger partial charge in [-0.15, -0.1) is 0 Å². The minimum Gasteiger partial charge on any atom is -0.320 e. The first-order chi connectivity index (χ1) is 10.1. The van der Waals surface area contributed by atoms with Crippen molar-refractivity contribution in [2.24, 2.45) is 0 Å². The average Bonchev–Trinajstić information content (AvgIpc) is 2.89. The largest absolute Gasteiger partial charge is 0.320 e. The van der Waals surface area contributed by atoms with Crippen molar-refractivity contribution in [2.75, 3.05) is 17.2 Å². The topological polar surface area (TPSA) is 27.1 Å². The van der Waals surface area contributed by atoms with Crippen LogP contribution < -0.4 is 4.90 Å². The number of amidine groups is 1. The van der Waals surface area contributed by atoms with E-state index in [2.05, 4.69) is 6.07 Å². The maximum Gasteiger partial charge on any atom is 0.160 e. The van der Waals surface area contributed by atoms with Gasteiger partial charge in [0.25, 0.3) is 0 Å². The van der Waals surface area contributed by atoms with Crippen LogP contribution in [0.3, 0.4) is 0 Å². The molecule has 0 amide bonds. The lowest BCUT2D eigenvalue weighted by Gasteiger charge is -2.21. The van der Waals surface area contributed by atoms with Crippen molar-refractivity contribution in [3.05, 3.63) is 65.0 Å². The maximum absolute atomic E-state index is 13.9. The van der Waals surface area contributed by atoms with Crippen LogP contribution in [0.5, 0.6) is 0 Å². The van der Waals surface area contributed by atoms with E-state index in [0.717, 1.165) is 29.1 Å². The van der Waals surface area contributed by atoms with E-state index in [0.29, 0.717) is 17.2 Å². The molecule has 0 spiro atoms. The Hall–Kier alpha value is -1.81. The van der Waals surface area contributed by atoms with Crippen LogP contribution in [0, 0.1) is 18.2 Å². The summed E-state index contributed by atoms with van der Waals surface area (Å²) < 4.78 is 13.9. The van der Waals surface area contributed by atoms with Crippen LogP contribution >= 0.6 is 11.8 Å². The van der Waals surface area contributed by atoms with Gasteiger partial charge in [0.05, 0.1) is 0 Å². The molecule has 0 unspecified atom stereocenters. The number of rotatable bonds is 3. The van der Waals surface area contributed by atoms with Gasteiger partial charge in [0, 0.05) is 24.4 Å². The molecule has 1 aliphatic heterocycles. The van der Waals surface area contributed by atoms with E-state index in [1.54, 1.807) is 17.8 Å². The Morgan fingerprint density at radius 2 is 2.00 bits per heavy atom. The third kappa shape index (κ3) is 2.95. The minimum absolute atomic E-state index is 0.171. The maximum atomic E-state index is 13.9. The zero-order valence-corrected chi connectivity index (χ0v) is 12.7. The third-order valence-electron chi connectivity index (χ3n) is 3.67. The fourth-order valence-electron chi connectivity index (χ4n) is 2.56. The number of hydrogen-bond acceptors (Lipinski definition) is 2. The molecule has 4 heteroatoms. The van der Waals surface area contributed by atoms with Crippen LogP contribution in [0.4, 0.5) is 10.1 Å². The van der Waals surface area contributed by atoms with E-state index in [4.69, 9.17) is 5.41 Å². The smallest absolute Gasteiger partial charge is 0.160 e. The Kier molecular flexibility index (Phi) is 3.97. The first-order valence-electron chi connectivity index (χ1n) is 6.97. The monoisotopic (exact) mass is 300 g/mol. The van der Waals surface area contributed by atoms with Crippen molar-refractivity contribution in [3.63, 3.8) is 0 Å². The van der Waals surface area contributed by atoms with Crippen molar-refractivity contribution in [2.45, 2.75) is 13.3 Å². The highest BCUT2D eigenvalue weighted by molar-refractivity contribution is 8.14. The van der Waals surface area contributed by atoms with Crippen LogP contribution in [0.15, 0.2) is 42.5 Å². The van der Waals surface area contributed by atoms with E-state index in [1.807, 2.05) is 36.1 Å². The molecule has 0 aromatic heterocycles. The van der Waals surface area contributed by atoms with Crippen molar-refractivity contribution >= 4 is 22.6 Å². The van der Waals surface area contributed by atoms with Crippen LogP contribution in [-0.4, -0.2) is 17.5 Å². The van der Waals surface area contributed by atoms with Gasteiger partial charge in [0.2, 0.25) is 0 Å². The lowest BCUT2D eigenvalue weighted by atomic mass is 10.0. The predicted molar refractivity (Wildman–Crippen MR) is 87.9 cm³/mol. The van der Waals surface area contributed by atoms with Gasteiger partial charge in [-0.3, -0.25) is 5.41 Å². The fraction of sp³-hybridized carbons (Fsp3) is 0.235. The highest BCUT2D eigenvalue weighted by atomic mass is 32.2. The molecule has 21 heavy (non-hydrogen) atoms. The zero-order chi connectivity index (χ0) is 14.8. The number of hydrogen-bond donors (Lipinski definition) is 1. The third-order valence-corrected chi connectivity index (χ3v) is 4.55. The average molecular weight is 300 g/mol. The van der Waals surface area contributed by atoms with Gasteiger partial charge in [-0.1, -0.05) is 42.1 Å². The molecule has 3 rings (SSSR count). The SMILES string of the molecule is Cc1ccc(Cc2ccccc2F)c(N2CCSC2=N)c1. The van der Waals surface area contributed by atoms with Crippen molar-refractivity contribution in [3.8, 4) is 0 Å². The summed E-state index contributed by atoms with van der Waals surface area (Å²) in [5, 5.41) is 8.63. The van der Waals surface area contributed by atoms with Gasteiger partial charge in [0.1, 0.15) is 5.82 Å². The van der Waals surface area contributed by atoms with Gasteiger partial charge in [-0.25, -0.2) is 4.39 Å². The summed E-state index contributed by atoms with van der Waals surface area (Å²) in [5.41, 5.74) is 3.96. The quantitative estimate of drug-likeness (QED) is 0.919. The number of benzene rings is 2. The van der Waals surface area contributed by atoms with Crippen molar-refractivity contribution in [1.82, 2.24) is 0 Å². The summed E-state index contributed by atoms with van der Waals surface area (Å²) in [7, 11) is 0. The number of halogens is 1. The van der Waals surface area contributed by atoms with Crippen molar-refractivity contribution in [1.29, 1.82) is 5.41 Å². The molecule has 0 atom stereocenters. The molecular weight excluding hydrogens is 283 g/mol. The Bertz CT molecular complexity index is 684. The predicted octanol–water partition coefficient (Wildman–Crippen LogP) is 4.21. The molecule has 1 aliphatic rings. The summed E-state index contributed by atoms with van der Waals surface area (Å²) >= 11 is 1.56. The van der Waals surface area contributed by atoms with Gasteiger partial charge < -0.3 is 4.90 Å².